The van der Waals surface area contributed by atoms with Crippen LogP contribution in [-0.4, -0.2) is 35.2 Å². The summed E-state index contributed by atoms with van der Waals surface area (Å²) in [6, 6.07) is 10.4. The van der Waals surface area contributed by atoms with E-state index in [-0.39, 0.29) is 17.7 Å². The lowest BCUT2D eigenvalue weighted by Gasteiger charge is -2.28. The van der Waals surface area contributed by atoms with E-state index >= 15 is 0 Å². The number of amides is 3. The fraction of sp³-hybridized carbons (Fsp3) is 0.435. The predicted octanol–water partition coefficient (Wildman–Crippen LogP) is 4.92. The van der Waals surface area contributed by atoms with Gasteiger partial charge in [-0.3, -0.25) is 14.4 Å². The molecule has 0 radical (unpaired) electrons. The van der Waals surface area contributed by atoms with Gasteiger partial charge in [-0.25, -0.2) is 0 Å². The lowest BCUT2D eigenvalue weighted by Crippen LogP contribution is -2.46. The van der Waals surface area contributed by atoms with Gasteiger partial charge >= 0.3 is 0 Å². The summed E-state index contributed by atoms with van der Waals surface area (Å²) in [5.74, 6) is -0.548. The molecular weight excluding hydrogens is 398 g/mol. The zero-order valence-electron chi connectivity index (χ0n) is 18.5. The standard InChI is InChI=1S/C23H31N3O3S/c1-7-13-26(16(3)20(27)24-17-11-9-8-10-12-17)21(28)19-15(2)14-18(30-19)25-22(29)23(4,5)6/h8-12,14,16H,7,13H2,1-6H3,(H,24,27)(H,25,29). The fourth-order valence-electron chi connectivity index (χ4n) is 2.81. The number of para-hydroxylation sites is 1. The number of nitrogens with zero attached hydrogens (tertiary/aromatic N) is 1. The highest BCUT2D eigenvalue weighted by Crippen LogP contribution is 2.30. The summed E-state index contributed by atoms with van der Waals surface area (Å²) in [5, 5.41) is 6.38. The Hall–Kier alpha value is -2.67. The van der Waals surface area contributed by atoms with Crippen molar-refractivity contribution >= 4 is 39.7 Å². The zero-order valence-corrected chi connectivity index (χ0v) is 19.4. The third kappa shape index (κ3) is 5.92. The first-order chi connectivity index (χ1) is 14.0. The molecule has 0 aliphatic heterocycles. The van der Waals surface area contributed by atoms with Gasteiger partial charge in [0.25, 0.3) is 5.91 Å². The van der Waals surface area contributed by atoms with Crippen LogP contribution in [0.25, 0.3) is 0 Å². The smallest absolute Gasteiger partial charge is 0.264 e. The quantitative estimate of drug-likeness (QED) is 0.656. The van der Waals surface area contributed by atoms with Crippen molar-refractivity contribution in [2.45, 2.75) is 54.0 Å². The Labute approximate surface area is 182 Å². The minimum Gasteiger partial charge on any atom is -0.326 e. The Kier molecular flexibility index (Phi) is 7.78. The molecule has 0 aliphatic rings. The van der Waals surface area contributed by atoms with Crippen LogP contribution in [0, 0.1) is 12.3 Å². The van der Waals surface area contributed by atoms with Crippen molar-refractivity contribution in [3.05, 3.63) is 46.8 Å². The molecule has 0 saturated heterocycles. The normalized spacial score (nSPS) is 12.2. The van der Waals surface area contributed by atoms with Gasteiger partial charge in [-0.2, -0.15) is 0 Å². The van der Waals surface area contributed by atoms with E-state index < -0.39 is 11.5 Å². The van der Waals surface area contributed by atoms with E-state index in [1.807, 2.05) is 65.0 Å². The van der Waals surface area contributed by atoms with E-state index in [0.29, 0.717) is 22.1 Å². The second kappa shape index (κ2) is 9.89. The van der Waals surface area contributed by atoms with Gasteiger partial charge in [-0.15, -0.1) is 11.3 Å². The number of benzene rings is 1. The third-order valence-corrected chi connectivity index (χ3v) is 5.78. The van der Waals surface area contributed by atoms with Crippen LogP contribution in [0.1, 0.15) is 56.3 Å². The Morgan fingerprint density at radius 2 is 1.73 bits per heavy atom. The zero-order chi connectivity index (χ0) is 22.5. The second-order valence-corrected chi connectivity index (χ2v) is 9.41. The maximum absolute atomic E-state index is 13.3. The fourth-order valence-corrected chi connectivity index (χ4v) is 3.83. The van der Waals surface area contributed by atoms with E-state index in [2.05, 4.69) is 10.6 Å². The summed E-state index contributed by atoms with van der Waals surface area (Å²) in [6.07, 6.45) is 0.729. The molecule has 0 aliphatic carbocycles. The third-order valence-electron chi connectivity index (χ3n) is 4.64. The van der Waals surface area contributed by atoms with Crippen molar-refractivity contribution < 1.29 is 14.4 Å². The summed E-state index contributed by atoms with van der Waals surface area (Å²) in [5.41, 5.74) is 0.948. The molecule has 1 heterocycles. The van der Waals surface area contributed by atoms with Crippen molar-refractivity contribution in [1.29, 1.82) is 0 Å². The highest BCUT2D eigenvalue weighted by molar-refractivity contribution is 7.18. The highest BCUT2D eigenvalue weighted by atomic mass is 32.1. The van der Waals surface area contributed by atoms with Crippen molar-refractivity contribution in [2.24, 2.45) is 5.41 Å². The number of anilines is 2. The van der Waals surface area contributed by atoms with E-state index in [9.17, 15) is 14.4 Å². The van der Waals surface area contributed by atoms with Crippen LogP contribution in [0.2, 0.25) is 0 Å². The minimum absolute atomic E-state index is 0.108. The first kappa shape index (κ1) is 23.6. The largest absolute Gasteiger partial charge is 0.326 e. The van der Waals surface area contributed by atoms with Gasteiger partial charge in [0, 0.05) is 17.6 Å². The van der Waals surface area contributed by atoms with Gasteiger partial charge in [0.15, 0.2) is 0 Å². The molecule has 2 rings (SSSR count). The molecule has 1 unspecified atom stereocenters. The molecule has 0 fully saturated rings. The monoisotopic (exact) mass is 429 g/mol. The highest BCUT2D eigenvalue weighted by Gasteiger charge is 2.29. The van der Waals surface area contributed by atoms with E-state index in [0.717, 1.165) is 12.0 Å². The molecule has 2 N–H and O–H groups in total. The van der Waals surface area contributed by atoms with Gasteiger partial charge in [0.2, 0.25) is 11.8 Å². The molecule has 6 nitrogen and oxygen atoms in total. The maximum Gasteiger partial charge on any atom is 0.264 e. The van der Waals surface area contributed by atoms with Crippen molar-refractivity contribution in [3.63, 3.8) is 0 Å². The molecule has 2 aromatic rings. The Morgan fingerprint density at radius 3 is 2.30 bits per heavy atom. The number of rotatable bonds is 7. The molecule has 0 spiro atoms. The van der Waals surface area contributed by atoms with E-state index in [1.54, 1.807) is 17.9 Å². The molecule has 7 heteroatoms. The molecular formula is C23H31N3O3S. The summed E-state index contributed by atoms with van der Waals surface area (Å²) >= 11 is 1.24. The van der Waals surface area contributed by atoms with Crippen LogP contribution >= 0.6 is 11.3 Å². The number of thiophene rings is 1. The van der Waals surface area contributed by atoms with Crippen LogP contribution in [-0.2, 0) is 9.59 Å². The number of aryl methyl sites for hydroxylation is 1. The van der Waals surface area contributed by atoms with Crippen LogP contribution in [0.15, 0.2) is 36.4 Å². The lowest BCUT2D eigenvalue weighted by molar-refractivity contribution is -0.123. The van der Waals surface area contributed by atoms with E-state index in [4.69, 9.17) is 0 Å². The van der Waals surface area contributed by atoms with Crippen molar-refractivity contribution in [1.82, 2.24) is 4.90 Å². The molecule has 0 bridgehead atoms. The first-order valence-electron chi connectivity index (χ1n) is 10.1. The van der Waals surface area contributed by atoms with Gasteiger partial charge < -0.3 is 15.5 Å². The van der Waals surface area contributed by atoms with Crippen LogP contribution in [0.5, 0.6) is 0 Å². The average molecular weight is 430 g/mol. The van der Waals surface area contributed by atoms with Crippen LogP contribution in [0.3, 0.4) is 0 Å². The molecule has 1 atom stereocenters. The lowest BCUT2D eigenvalue weighted by atomic mass is 9.96. The second-order valence-electron chi connectivity index (χ2n) is 8.36. The molecule has 162 valence electrons. The van der Waals surface area contributed by atoms with E-state index in [1.165, 1.54) is 11.3 Å². The molecule has 30 heavy (non-hydrogen) atoms. The van der Waals surface area contributed by atoms with Crippen molar-refractivity contribution in [3.8, 4) is 0 Å². The van der Waals surface area contributed by atoms with Gasteiger partial charge in [0.1, 0.15) is 6.04 Å². The number of hydrogen-bond donors (Lipinski definition) is 2. The Morgan fingerprint density at radius 1 is 1.10 bits per heavy atom. The Bertz CT molecular complexity index is 900. The summed E-state index contributed by atoms with van der Waals surface area (Å²) in [4.78, 5) is 40.4. The maximum atomic E-state index is 13.3. The van der Waals surface area contributed by atoms with Gasteiger partial charge in [0.05, 0.1) is 9.88 Å². The number of carbonyl (C=O) groups is 3. The number of carbonyl (C=O) groups excluding carboxylic acids is 3. The average Bonchev–Trinajstić information content (AvgIpc) is 3.05. The topological polar surface area (TPSA) is 78.5 Å². The van der Waals surface area contributed by atoms with Crippen LogP contribution in [0.4, 0.5) is 10.7 Å². The summed E-state index contributed by atoms with van der Waals surface area (Å²) < 4.78 is 0. The van der Waals surface area contributed by atoms with Gasteiger partial charge in [-0.1, -0.05) is 45.9 Å². The molecule has 1 aromatic carbocycles. The SMILES string of the molecule is CCCN(C(=O)c1sc(NC(=O)C(C)(C)C)cc1C)C(C)C(=O)Nc1ccccc1. The minimum atomic E-state index is -0.633. The summed E-state index contributed by atoms with van der Waals surface area (Å²) in [6.45, 7) is 11.5. The number of nitrogens with one attached hydrogen (secondary N) is 2. The molecule has 1 aromatic heterocycles. The predicted molar refractivity (Wildman–Crippen MR) is 123 cm³/mol. The number of hydrogen-bond acceptors (Lipinski definition) is 4. The van der Waals surface area contributed by atoms with Crippen molar-refractivity contribution in [2.75, 3.05) is 17.2 Å². The summed E-state index contributed by atoms with van der Waals surface area (Å²) in [7, 11) is 0. The first-order valence-corrected chi connectivity index (χ1v) is 10.9. The van der Waals surface area contributed by atoms with Crippen LogP contribution < -0.4 is 10.6 Å². The molecule has 3 amide bonds. The van der Waals surface area contributed by atoms with Gasteiger partial charge in [-0.05, 0) is 44.0 Å². The Balaban J connectivity index is 2.20. The molecule has 0 saturated carbocycles.